The molecule has 1 fully saturated rings. The van der Waals surface area contributed by atoms with Gasteiger partial charge in [0.2, 0.25) is 0 Å². The Labute approximate surface area is 117 Å². The Hall–Kier alpha value is -1.08. The van der Waals surface area contributed by atoms with Gasteiger partial charge in [0.1, 0.15) is 17.1 Å². The van der Waals surface area contributed by atoms with Crippen molar-refractivity contribution in [1.82, 2.24) is 0 Å². The normalized spacial score (nSPS) is 21.4. The lowest BCUT2D eigenvalue weighted by atomic mass is 9.87. The van der Waals surface area contributed by atoms with Gasteiger partial charge in [-0.2, -0.15) is 0 Å². The van der Waals surface area contributed by atoms with Gasteiger partial charge in [-0.1, -0.05) is 0 Å². The average molecular weight is 282 g/mol. The zero-order valence-corrected chi connectivity index (χ0v) is 11.9. The molecule has 1 aromatic heterocycles. The third kappa shape index (κ3) is 2.83. The average Bonchev–Trinajstić information content (AvgIpc) is 2.83. The molecule has 108 valence electrons. The molecule has 2 N–H and O–H groups in total. The second-order valence-electron chi connectivity index (χ2n) is 5.73. The summed E-state index contributed by atoms with van der Waals surface area (Å²) in [7, 11) is -2.83. The van der Waals surface area contributed by atoms with Crippen LogP contribution in [0.15, 0.2) is 22.3 Å². The van der Waals surface area contributed by atoms with E-state index in [9.17, 15) is 4.39 Å². The first kappa shape index (κ1) is 15.3. The highest BCUT2D eigenvalue weighted by molar-refractivity contribution is 6.57. The van der Waals surface area contributed by atoms with Crippen LogP contribution in [0.3, 0.4) is 0 Å². The molecule has 1 aliphatic heterocycles. The van der Waals surface area contributed by atoms with E-state index in [4.69, 9.17) is 23.8 Å². The van der Waals surface area contributed by atoms with E-state index >= 15 is 0 Å². The predicted octanol–water partition coefficient (Wildman–Crippen LogP) is 0.901. The van der Waals surface area contributed by atoms with Crippen molar-refractivity contribution in [2.45, 2.75) is 38.9 Å². The van der Waals surface area contributed by atoms with Crippen molar-refractivity contribution in [3.8, 4) is 0 Å². The van der Waals surface area contributed by atoms with E-state index < -0.39 is 31.2 Å². The Morgan fingerprint density at radius 1 is 1.20 bits per heavy atom. The summed E-state index contributed by atoms with van der Waals surface area (Å²) in [5.74, 6) is 0.153. The smallest absolute Gasteiger partial charge is 0.465 e. The zero-order chi connectivity index (χ0) is 15.1. The van der Waals surface area contributed by atoms with Crippen LogP contribution in [0, 0.1) is 0 Å². The van der Waals surface area contributed by atoms with Crippen molar-refractivity contribution in [1.29, 1.82) is 0 Å². The molecule has 2 heterocycles. The van der Waals surface area contributed by atoms with Crippen molar-refractivity contribution < 1.29 is 28.2 Å². The standard InChI is InChI=1S/C12H17B2FO5/c1-11(2)12(3,4)20-14(19-11)9(15)7-8-5-6-10(18-8)13(16)17/h5-7,16-17H,1-4H3. The van der Waals surface area contributed by atoms with Gasteiger partial charge in [-0.05, 0) is 39.8 Å². The molecule has 0 spiro atoms. The van der Waals surface area contributed by atoms with E-state index in [-0.39, 0.29) is 11.4 Å². The molecular weight excluding hydrogens is 265 g/mol. The number of rotatable bonds is 3. The summed E-state index contributed by atoms with van der Waals surface area (Å²) in [5.41, 5.74) is -1.95. The van der Waals surface area contributed by atoms with E-state index in [1.165, 1.54) is 12.1 Å². The van der Waals surface area contributed by atoms with Crippen molar-refractivity contribution in [2.24, 2.45) is 0 Å². The van der Waals surface area contributed by atoms with Crippen molar-refractivity contribution in [3.05, 3.63) is 23.6 Å². The highest BCUT2D eigenvalue weighted by Gasteiger charge is 2.53. The van der Waals surface area contributed by atoms with Crippen LogP contribution < -0.4 is 5.66 Å². The third-order valence-corrected chi connectivity index (χ3v) is 3.66. The maximum atomic E-state index is 14.1. The Bertz CT molecular complexity index is 508. The van der Waals surface area contributed by atoms with Crippen LogP contribution in [-0.2, 0) is 9.31 Å². The predicted molar refractivity (Wildman–Crippen MR) is 73.7 cm³/mol. The summed E-state index contributed by atoms with van der Waals surface area (Å²) in [5, 5.41) is 17.8. The molecule has 0 radical (unpaired) electrons. The van der Waals surface area contributed by atoms with Gasteiger partial charge in [-0.15, -0.1) is 0 Å². The van der Waals surface area contributed by atoms with Crippen molar-refractivity contribution in [2.75, 3.05) is 0 Å². The minimum atomic E-state index is -1.72. The zero-order valence-electron chi connectivity index (χ0n) is 11.9. The van der Waals surface area contributed by atoms with Crippen molar-refractivity contribution >= 4 is 26.0 Å². The van der Waals surface area contributed by atoms with Gasteiger partial charge in [-0.25, -0.2) is 4.39 Å². The first-order chi connectivity index (χ1) is 9.12. The van der Waals surface area contributed by atoms with Gasteiger partial charge in [0.15, 0.2) is 0 Å². The highest BCUT2D eigenvalue weighted by atomic mass is 19.1. The van der Waals surface area contributed by atoms with Gasteiger partial charge in [-0.3, -0.25) is 0 Å². The summed E-state index contributed by atoms with van der Waals surface area (Å²) in [6, 6.07) is 2.79. The molecule has 2 rings (SSSR count). The van der Waals surface area contributed by atoms with Gasteiger partial charge < -0.3 is 23.8 Å². The van der Waals surface area contributed by atoms with E-state index in [2.05, 4.69) is 0 Å². The summed E-state index contributed by atoms with van der Waals surface area (Å²) in [4.78, 5) is 0. The number of furan rings is 1. The summed E-state index contributed by atoms with van der Waals surface area (Å²) < 4.78 is 30.3. The first-order valence-corrected chi connectivity index (χ1v) is 6.31. The van der Waals surface area contributed by atoms with Crippen LogP contribution in [-0.4, -0.2) is 35.5 Å². The molecule has 0 aliphatic carbocycles. The minimum absolute atomic E-state index is 0.0574. The fourth-order valence-electron chi connectivity index (χ4n) is 1.74. The Morgan fingerprint density at radius 2 is 1.75 bits per heavy atom. The first-order valence-electron chi connectivity index (χ1n) is 6.31. The molecule has 5 nitrogen and oxygen atoms in total. The molecule has 0 atom stereocenters. The van der Waals surface area contributed by atoms with Crippen LogP contribution >= 0.6 is 0 Å². The van der Waals surface area contributed by atoms with Gasteiger partial charge in [0.05, 0.1) is 11.2 Å². The molecule has 1 saturated heterocycles. The van der Waals surface area contributed by atoms with Crippen LogP contribution in [0.25, 0.3) is 6.08 Å². The van der Waals surface area contributed by atoms with E-state index in [0.717, 1.165) is 6.08 Å². The molecule has 20 heavy (non-hydrogen) atoms. The molecule has 8 heteroatoms. The minimum Gasteiger partial charge on any atom is -0.465 e. The van der Waals surface area contributed by atoms with Gasteiger partial charge in [0.25, 0.3) is 0 Å². The number of hydrogen-bond donors (Lipinski definition) is 2. The molecule has 1 aromatic rings. The Balaban J connectivity index is 2.15. The second kappa shape index (κ2) is 5.04. The highest BCUT2D eigenvalue weighted by Crippen LogP contribution is 2.38. The maximum absolute atomic E-state index is 14.1. The van der Waals surface area contributed by atoms with Crippen molar-refractivity contribution in [3.63, 3.8) is 0 Å². The lowest BCUT2D eigenvalue weighted by molar-refractivity contribution is 0.00578. The van der Waals surface area contributed by atoms with Crippen LogP contribution in [0.5, 0.6) is 0 Å². The summed E-state index contributed by atoms with van der Waals surface area (Å²) in [6.07, 6.45) is 1.11. The molecule has 1 aliphatic rings. The van der Waals surface area contributed by atoms with Crippen LogP contribution in [0.1, 0.15) is 33.5 Å². The fraction of sp³-hybridized carbons (Fsp3) is 0.500. The quantitative estimate of drug-likeness (QED) is 0.806. The Morgan fingerprint density at radius 3 is 2.20 bits per heavy atom. The molecule has 0 unspecified atom stereocenters. The van der Waals surface area contributed by atoms with Gasteiger partial charge >= 0.3 is 14.2 Å². The van der Waals surface area contributed by atoms with E-state index in [0.29, 0.717) is 0 Å². The monoisotopic (exact) mass is 282 g/mol. The summed E-state index contributed by atoms with van der Waals surface area (Å²) >= 11 is 0. The largest absolute Gasteiger partial charge is 0.526 e. The van der Waals surface area contributed by atoms with Crippen LogP contribution in [0.2, 0.25) is 0 Å². The lowest BCUT2D eigenvalue weighted by Crippen LogP contribution is -2.41. The number of hydrogen-bond acceptors (Lipinski definition) is 5. The molecule has 0 aromatic carbocycles. The third-order valence-electron chi connectivity index (χ3n) is 3.66. The molecule has 0 amide bonds. The maximum Gasteiger partial charge on any atom is 0.526 e. The fourth-order valence-corrected chi connectivity index (χ4v) is 1.74. The molecule has 0 bridgehead atoms. The molecule has 0 saturated carbocycles. The Kier molecular flexibility index (Phi) is 3.85. The van der Waals surface area contributed by atoms with Crippen LogP contribution in [0.4, 0.5) is 4.39 Å². The summed E-state index contributed by atoms with van der Waals surface area (Å²) in [6.45, 7) is 7.31. The van der Waals surface area contributed by atoms with E-state index in [1.807, 2.05) is 27.7 Å². The molecular formula is C12H17B2FO5. The SMILES string of the molecule is CC1(C)OB(C(F)=Cc2ccc(B(O)O)o2)OC1(C)C. The van der Waals surface area contributed by atoms with E-state index in [1.54, 1.807) is 0 Å². The second-order valence-corrected chi connectivity index (χ2v) is 5.73. The lowest BCUT2D eigenvalue weighted by Gasteiger charge is -2.32. The topological polar surface area (TPSA) is 72.1 Å². The van der Waals surface area contributed by atoms with Gasteiger partial charge in [0, 0.05) is 6.08 Å². The number of halogens is 1.